The smallest absolute Gasteiger partial charge is 0.336 e. The summed E-state index contributed by atoms with van der Waals surface area (Å²) in [7, 11) is 0. The number of thioether (sulfide) groups is 1. The topological polar surface area (TPSA) is 120 Å². The van der Waals surface area contributed by atoms with Gasteiger partial charge in [-0.2, -0.15) is 11.8 Å². The lowest BCUT2D eigenvalue weighted by molar-refractivity contribution is -0.138. The van der Waals surface area contributed by atoms with Gasteiger partial charge in [0.15, 0.2) is 0 Å². The molecular weight excluding hydrogens is 304 g/mol. The average molecular weight is 324 g/mol. The number of carboxylic acid groups (broad SMARTS) is 1. The lowest BCUT2D eigenvalue weighted by Gasteiger charge is -2.02. The molecule has 5 N–H and O–H groups in total. The van der Waals surface area contributed by atoms with Crippen LogP contribution in [0.25, 0.3) is 11.0 Å². The fourth-order valence-corrected chi connectivity index (χ4v) is 2.20. The lowest BCUT2D eigenvalue weighted by atomic mass is 10.1. The maximum atomic E-state index is 11.0. The normalized spacial score (nSPS) is 11.6. The molecule has 0 aliphatic rings. The second-order valence-electron chi connectivity index (χ2n) is 4.73. The van der Waals surface area contributed by atoms with Crippen LogP contribution in [0, 0.1) is 6.92 Å². The Labute approximate surface area is 132 Å². The molecule has 1 aromatic heterocycles. The molecule has 0 aliphatic carbocycles. The summed E-state index contributed by atoms with van der Waals surface area (Å²) < 4.78 is 4.99. The molecule has 2 rings (SSSR count). The van der Waals surface area contributed by atoms with Crippen LogP contribution in [0.4, 0.5) is 5.69 Å². The van der Waals surface area contributed by atoms with E-state index in [2.05, 4.69) is 0 Å². The summed E-state index contributed by atoms with van der Waals surface area (Å²) in [6.45, 7) is 1.87. The van der Waals surface area contributed by atoms with Crippen molar-refractivity contribution in [3.8, 4) is 0 Å². The Hall–Kier alpha value is -1.99. The second kappa shape index (κ2) is 8.45. The molecule has 1 heterocycles. The second-order valence-corrected chi connectivity index (χ2v) is 5.72. The van der Waals surface area contributed by atoms with Crippen LogP contribution in [-0.2, 0) is 4.79 Å². The fourth-order valence-electron chi connectivity index (χ4n) is 1.71. The molecule has 1 unspecified atom stereocenters. The maximum Gasteiger partial charge on any atom is 0.336 e. The van der Waals surface area contributed by atoms with Crippen LogP contribution in [0.15, 0.2) is 33.5 Å². The van der Waals surface area contributed by atoms with Gasteiger partial charge in [-0.15, -0.1) is 0 Å². The van der Waals surface area contributed by atoms with Crippen molar-refractivity contribution in [3.63, 3.8) is 0 Å². The Balaban J connectivity index is 0.000000239. The van der Waals surface area contributed by atoms with Gasteiger partial charge in [0.2, 0.25) is 0 Å². The maximum absolute atomic E-state index is 11.0. The predicted molar refractivity (Wildman–Crippen MR) is 90.2 cm³/mol. The van der Waals surface area contributed by atoms with Crippen LogP contribution in [0.5, 0.6) is 0 Å². The van der Waals surface area contributed by atoms with Gasteiger partial charge >= 0.3 is 11.6 Å². The van der Waals surface area contributed by atoms with E-state index in [0.29, 0.717) is 17.7 Å². The average Bonchev–Trinajstić information content (AvgIpc) is 2.44. The van der Waals surface area contributed by atoms with Gasteiger partial charge < -0.3 is 21.0 Å². The van der Waals surface area contributed by atoms with E-state index in [1.807, 2.05) is 19.2 Å². The highest BCUT2D eigenvalue weighted by atomic mass is 32.2. The third-order valence-corrected chi connectivity index (χ3v) is 3.57. The summed E-state index contributed by atoms with van der Waals surface area (Å²) in [6, 6.07) is 6.08. The van der Waals surface area contributed by atoms with E-state index in [9.17, 15) is 9.59 Å². The molecule has 0 spiro atoms. The van der Waals surface area contributed by atoms with E-state index < -0.39 is 12.0 Å². The van der Waals surface area contributed by atoms with Gasteiger partial charge in [-0.1, -0.05) is 0 Å². The third-order valence-electron chi connectivity index (χ3n) is 2.93. The molecule has 7 heteroatoms. The molecule has 6 nitrogen and oxygen atoms in total. The molecule has 0 saturated carbocycles. The first kappa shape index (κ1) is 18.1. The SMILES string of the molecule is CSCCC(N)C(=O)O.Cc1cc(=O)oc2cc(N)ccc12. The van der Waals surface area contributed by atoms with E-state index in [-0.39, 0.29) is 5.63 Å². The number of hydrogen-bond acceptors (Lipinski definition) is 6. The Morgan fingerprint density at radius 2 is 2.09 bits per heavy atom. The number of nitrogens with two attached hydrogens (primary N) is 2. The van der Waals surface area contributed by atoms with Crippen LogP contribution in [-0.4, -0.2) is 29.1 Å². The molecular formula is C15H20N2O4S. The Morgan fingerprint density at radius 1 is 1.41 bits per heavy atom. The minimum Gasteiger partial charge on any atom is -0.480 e. The largest absolute Gasteiger partial charge is 0.480 e. The molecule has 0 aliphatic heterocycles. The molecule has 1 atom stereocenters. The summed E-state index contributed by atoms with van der Waals surface area (Å²) in [5.41, 5.74) is 12.5. The van der Waals surface area contributed by atoms with E-state index in [1.165, 1.54) is 6.07 Å². The summed E-state index contributed by atoms with van der Waals surface area (Å²) in [4.78, 5) is 21.1. The van der Waals surface area contributed by atoms with Crippen LogP contribution in [0.3, 0.4) is 0 Å². The Bertz CT molecular complexity index is 699. The van der Waals surface area contributed by atoms with Gasteiger partial charge in [0.1, 0.15) is 11.6 Å². The monoisotopic (exact) mass is 324 g/mol. The van der Waals surface area contributed by atoms with Crippen molar-refractivity contribution >= 4 is 34.4 Å². The molecule has 0 fully saturated rings. The van der Waals surface area contributed by atoms with E-state index >= 15 is 0 Å². The number of carbonyl (C=O) groups is 1. The zero-order valence-electron chi connectivity index (χ0n) is 12.5. The molecule has 120 valence electrons. The van der Waals surface area contributed by atoms with Gasteiger partial charge in [0.25, 0.3) is 0 Å². The first-order chi connectivity index (χ1) is 10.3. The number of nitrogen functional groups attached to an aromatic ring is 1. The fraction of sp³-hybridized carbons (Fsp3) is 0.333. The van der Waals surface area contributed by atoms with Crippen molar-refractivity contribution < 1.29 is 14.3 Å². The number of aliphatic carboxylic acids is 1. The Morgan fingerprint density at radius 3 is 2.68 bits per heavy atom. The highest BCUT2D eigenvalue weighted by Crippen LogP contribution is 2.18. The first-order valence-electron chi connectivity index (χ1n) is 6.62. The summed E-state index contributed by atoms with van der Waals surface area (Å²) in [5, 5.41) is 9.20. The molecule has 0 amide bonds. The quantitative estimate of drug-likeness (QED) is 0.579. The molecule has 0 radical (unpaired) electrons. The zero-order valence-corrected chi connectivity index (χ0v) is 13.4. The van der Waals surface area contributed by atoms with Crippen molar-refractivity contribution in [3.05, 3.63) is 40.2 Å². The minimum absolute atomic E-state index is 0.337. The van der Waals surface area contributed by atoms with Gasteiger partial charge in [-0.3, -0.25) is 4.79 Å². The number of carboxylic acids is 1. The van der Waals surface area contributed by atoms with E-state index in [0.717, 1.165) is 16.7 Å². The van der Waals surface area contributed by atoms with Crippen molar-refractivity contribution in [1.29, 1.82) is 0 Å². The molecule has 0 saturated heterocycles. The van der Waals surface area contributed by atoms with Crippen molar-refractivity contribution in [2.75, 3.05) is 17.7 Å². The summed E-state index contributed by atoms with van der Waals surface area (Å²) in [6.07, 6.45) is 2.48. The zero-order chi connectivity index (χ0) is 16.7. The summed E-state index contributed by atoms with van der Waals surface area (Å²) >= 11 is 1.60. The molecule has 1 aromatic carbocycles. The predicted octanol–water partition coefficient (Wildman–Crippen LogP) is 1.84. The van der Waals surface area contributed by atoms with Crippen LogP contribution in [0.2, 0.25) is 0 Å². The first-order valence-corrected chi connectivity index (χ1v) is 8.02. The third kappa shape index (κ3) is 5.42. The number of benzene rings is 1. The highest BCUT2D eigenvalue weighted by molar-refractivity contribution is 7.98. The molecule has 2 aromatic rings. The van der Waals surface area contributed by atoms with Crippen LogP contribution >= 0.6 is 11.8 Å². The number of aryl methyl sites for hydroxylation is 1. The van der Waals surface area contributed by atoms with E-state index in [1.54, 1.807) is 23.9 Å². The molecule has 22 heavy (non-hydrogen) atoms. The van der Waals surface area contributed by atoms with Gasteiger partial charge in [-0.25, -0.2) is 4.79 Å². The number of fused-ring (bicyclic) bond motifs is 1. The molecule has 0 bridgehead atoms. The van der Waals surface area contributed by atoms with Gasteiger partial charge in [0.05, 0.1) is 0 Å². The van der Waals surface area contributed by atoms with Gasteiger partial charge in [-0.05, 0) is 43.0 Å². The standard InChI is InChI=1S/C10H9NO2.C5H11NO2S/c1-6-4-10(12)13-9-5-7(11)2-3-8(6)9;1-9-3-2-4(6)5(7)8/h2-5H,11H2,1H3;4H,2-3,6H2,1H3,(H,7,8). The van der Waals surface area contributed by atoms with Crippen molar-refractivity contribution in [2.45, 2.75) is 19.4 Å². The van der Waals surface area contributed by atoms with Crippen LogP contribution < -0.4 is 17.1 Å². The Kier molecular flexibility index (Phi) is 6.94. The van der Waals surface area contributed by atoms with Crippen molar-refractivity contribution in [1.82, 2.24) is 0 Å². The lowest BCUT2D eigenvalue weighted by Crippen LogP contribution is -2.30. The van der Waals surface area contributed by atoms with Crippen LogP contribution in [0.1, 0.15) is 12.0 Å². The summed E-state index contributed by atoms with van der Waals surface area (Å²) in [5.74, 6) is -0.1000. The van der Waals surface area contributed by atoms with Crippen molar-refractivity contribution in [2.24, 2.45) is 5.73 Å². The highest BCUT2D eigenvalue weighted by Gasteiger charge is 2.09. The number of hydrogen-bond donors (Lipinski definition) is 3. The number of anilines is 1. The van der Waals surface area contributed by atoms with Gasteiger partial charge in [0, 0.05) is 23.2 Å². The van der Waals surface area contributed by atoms with E-state index in [4.69, 9.17) is 21.0 Å². The minimum atomic E-state index is -0.913. The number of rotatable bonds is 4.